The van der Waals surface area contributed by atoms with Crippen molar-refractivity contribution in [1.29, 1.82) is 0 Å². The fraction of sp³-hybridized carbons (Fsp3) is 0.136. The minimum absolute atomic E-state index is 0.179. The summed E-state index contributed by atoms with van der Waals surface area (Å²) in [4.78, 5) is 24.9. The van der Waals surface area contributed by atoms with Gasteiger partial charge in [0.1, 0.15) is 17.4 Å². The van der Waals surface area contributed by atoms with Crippen LogP contribution in [0.2, 0.25) is 0 Å². The largest absolute Gasteiger partial charge is 0.496 e. The molecule has 0 aliphatic heterocycles. The lowest BCUT2D eigenvalue weighted by Gasteiger charge is -2.14. The molecule has 0 spiro atoms. The monoisotopic (exact) mass is 408 g/mol. The van der Waals surface area contributed by atoms with Crippen LogP contribution in [0.15, 0.2) is 71.9 Å². The zero-order valence-electron chi connectivity index (χ0n) is 16.6. The Morgan fingerprint density at radius 2 is 1.87 bits per heavy atom. The van der Waals surface area contributed by atoms with E-state index in [9.17, 15) is 9.18 Å². The van der Waals surface area contributed by atoms with Gasteiger partial charge in [0.15, 0.2) is 0 Å². The molecule has 3 rings (SSSR count). The molecule has 0 amide bonds. The summed E-state index contributed by atoms with van der Waals surface area (Å²) in [5, 5.41) is 3.04. The number of benzene rings is 2. The molecule has 0 aliphatic carbocycles. The van der Waals surface area contributed by atoms with Crippen LogP contribution in [-0.2, 0) is 16.2 Å². The first-order valence-corrected chi connectivity index (χ1v) is 9.14. The molecule has 0 aliphatic rings. The molecular formula is C22H21FN4O3. The van der Waals surface area contributed by atoms with Gasteiger partial charge < -0.3 is 14.9 Å². The minimum atomic E-state index is -0.526. The van der Waals surface area contributed by atoms with Crippen LogP contribution < -0.4 is 15.5 Å². The first-order chi connectivity index (χ1) is 14.6. The number of ether oxygens (including phenoxy) is 1. The van der Waals surface area contributed by atoms with Crippen molar-refractivity contribution < 1.29 is 18.8 Å². The second kappa shape index (κ2) is 10.0. The Hall–Kier alpha value is -3.94. The number of halogens is 1. The van der Waals surface area contributed by atoms with Gasteiger partial charge in [-0.1, -0.05) is 30.3 Å². The number of para-hydroxylation sites is 1. The fourth-order valence-corrected chi connectivity index (χ4v) is 2.69. The van der Waals surface area contributed by atoms with Gasteiger partial charge >= 0.3 is 5.97 Å². The zero-order valence-corrected chi connectivity index (χ0v) is 16.6. The van der Waals surface area contributed by atoms with Crippen molar-refractivity contribution in [1.82, 2.24) is 10.5 Å². The van der Waals surface area contributed by atoms with E-state index >= 15 is 0 Å². The van der Waals surface area contributed by atoms with Gasteiger partial charge in [-0.25, -0.2) is 14.4 Å². The van der Waals surface area contributed by atoms with Gasteiger partial charge in [0.05, 0.1) is 13.7 Å². The van der Waals surface area contributed by atoms with Gasteiger partial charge in [-0.2, -0.15) is 5.48 Å². The van der Waals surface area contributed by atoms with Crippen LogP contribution in [0.25, 0.3) is 11.1 Å². The number of aromatic nitrogens is 1. The summed E-state index contributed by atoms with van der Waals surface area (Å²) >= 11 is 0. The third kappa shape index (κ3) is 5.54. The van der Waals surface area contributed by atoms with Crippen molar-refractivity contribution in [2.75, 3.05) is 12.4 Å². The molecular weight excluding hydrogens is 387 g/mol. The number of hydroxylamine groups is 1. The molecule has 8 heteroatoms. The number of methoxy groups -OCH3 is 1. The smallest absolute Gasteiger partial charge is 0.329 e. The van der Waals surface area contributed by atoms with E-state index in [1.54, 1.807) is 31.5 Å². The number of anilines is 1. The number of carbonyl (C=O) groups excluding carboxylic acids is 1. The van der Waals surface area contributed by atoms with Crippen LogP contribution in [0.4, 0.5) is 10.2 Å². The van der Waals surface area contributed by atoms with Gasteiger partial charge in [0.25, 0.3) is 0 Å². The number of nitrogens with one attached hydrogen (secondary N) is 2. The van der Waals surface area contributed by atoms with Crippen LogP contribution >= 0.6 is 0 Å². The van der Waals surface area contributed by atoms with Crippen molar-refractivity contribution in [3.05, 3.63) is 78.2 Å². The van der Waals surface area contributed by atoms with Gasteiger partial charge in [0, 0.05) is 24.2 Å². The highest BCUT2D eigenvalue weighted by atomic mass is 19.1. The summed E-state index contributed by atoms with van der Waals surface area (Å²) in [6, 6.07) is 17.1. The third-order valence-corrected chi connectivity index (χ3v) is 4.09. The molecule has 2 aromatic carbocycles. The number of nitrogens with zero attached hydrogens (tertiary/aromatic N) is 2. The highest BCUT2D eigenvalue weighted by Crippen LogP contribution is 2.26. The first-order valence-electron chi connectivity index (χ1n) is 9.14. The maximum absolute atomic E-state index is 13.3. The van der Waals surface area contributed by atoms with Gasteiger partial charge in [-0.15, -0.1) is 0 Å². The average molecular weight is 408 g/mol. The highest BCUT2D eigenvalue weighted by molar-refractivity contribution is 5.96. The van der Waals surface area contributed by atoms with Crippen LogP contribution in [0.5, 0.6) is 5.75 Å². The average Bonchev–Trinajstić information content (AvgIpc) is 2.76. The van der Waals surface area contributed by atoms with Gasteiger partial charge in [-0.3, -0.25) is 4.79 Å². The Morgan fingerprint density at radius 1 is 1.10 bits per heavy atom. The van der Waals surface area contributed by atoms with Gasteiger partial charge in [0.2, 0.25) is 5.96 Å². The number of carbonyl (C=O) groups is 1. The first kappa shape index (κ1) is 20.8. The standard InChI is InChI=1S/C22H21FN4O3/c1-15(28)30-27-22(25-14-17-6-3-4-8-20(17)29-2)26-21-19(7-5-13-24-21)16-9-11-18(23)12-10-16/h3-13H,14H2,1-2H3,(H2,24,25,26,27). The molecule has 7 nitrogen and oxygen atoms in total. The van der Waals surface area contributed by atoms with E-state index in [4.69, 9.17) is 9.57 Å². The van der Waals surface area contributed by atoms with E-state index in [0.717, 1.165) is 16.7 Å². The summed E-state index contributed by atoms with van der Waals surface area (Å²) in [5.41, 5.74) is 4.86. The van der Waals surface area contributed by atoms with E-state index in [2.05, 4.69) is 20.8 Å². The zero-order chi connectivity index (χ0) is 21.3. The number of hydrogen-bond acceptors (Lipinski definition) is 5. The molecule has 0 unspecified atom stereocenters. The molecule has 0 saturated heterocycles. The molecule has 3 aromatic rings. The number of pyridine rings is 1. The van der Waals surface area contributed by atoms with Crippen molar-refractivity contribution >= 4 is 17.7 Å². The molecule has 1 heterocycles. The number of aliphatic imine (C=N–C) groups is 1. The molecule has 154 valence electrons. The van der Waals surface area contributed by atoms with E-state index in [0.29, 0.717) is 11.6 Å². The SMILES string of the molecule is COc1ccccc1CN=C(NOC(C)=O)Nc1ncccc1-c1ccc(F)cc1. The molecule has 30 heavy (non-hydrogen) atoms. The number of guanidine groups is 1. The van der Waals surface area contributed by atoms with Crippen LogP contribution in [0.1, 0.15) is 12.5 Å². The molecule has 1 aromatic heterocycles. The van der Waals surface area contributed by atoms with E-state index in [-0.39, 0.29) is 18.3 Å². The lowest BCUT2D eigenvalue weighted by atomic mass is 10.1. The quantitative estimate of drug-likeness (QED) is 0.378. The summed E-state index contributed by atoms with van der Waals surface area (Å²) in [6.07, 6.45) is 1.61. The molecule has 2 N–H and O–H groups in total. The maximum atomic E-state index is 13.3. The predicted molar refractivity (Wildman–Crippen MR) is 112 cm³/mol. The second-order valence-electron chi connectivity index (χ2n) is 6.20. The molecule has 0 atom stereocenters. The Balaban J connectivity index is 1.88. The minimum Gasteiger partial charge on any atom is -0.496 e. The molecule has 0 saturated carbocycles. The summed E-state index contributed by atoms with van der Waals surface area (Å²) in [5.74, 6) is 0.480. The number of hydrogen-bond donors (Lipinski definition) is 2. The van der Waals surface area contributed by atoms with E-state index in [1.165, 1.54) is 19.1 Å². The Labute approximate surface area is 173 Å². The van der Waals surface area contributed by atoms with Crippen molar-refractivity contribution in [2.45, 2.75) is 13.5 Å². The molecule has 0 fully saturated rings. The summed E-state index contributed by atoms with van der Waals surface area (Å²) < 4.78 is 18.6. The normalized spacial score (nSPS) is 11.0. The van der Waals surface area contributed by atoms with Crippen molar-refractivity contribution in [2.24, 2.45) is 4.99 Å². The van der Waals surface area contributed by atoms with Crippen molar-refractivity contribution in [3.63, 3.8) is 0 Å². The summed E-state index contributed by atoms with van der Waals surface area (Å²) in [7, 11) is 1.59. The number of rotatable bonds is 5. The molecule has 0 radical (unpaired) electrons. The highest BCUT2D eigenvalue weighted by Gasteiger charge is 2.11. The Morgan fingerprint density at radius 3 is 2.60 bits per heavy atom. The van der Waals surface area contributed by atoms with Crippen LogP contribution in [0.3, 0.4) is 0 Å². The van der Waals surface area contributed by atoms with Gasteiger partial charge in [-0.05, 0) is 35.9 Å². The maximum Gasteiger partial charge on any atom is 0.329 e. The molecule has 0 bridgehead atoms. The van der Waals surface area contributed by atoms with Crippen molar-refractivity contribution in [3.8, 4) is 16.9 Å². The Bertz CT molecular complexity index is 1040. The fourth-order valence-electron chi connectivity index (χ4n) is 2.69. The second-order valence-corrected chi connectivity index (χ2v) is 6.20. The lowest BCUT2D eigenvalue weighted by molar-refractivity contribution is -0.145. The van der Waals surface area contributed by atoms with E-state index in [1.807, 2.05) is 30.3 Å². The van der Waals surface area contributed by atoms with Crippen LogP contribution in [-0.4, -0.2) is 24.0 Å². The summed E-state index contributed by atoms with van der Waals surface area (Å²) in [6.45, 7) is 1.54. The van der Waals surface area contributed by atoms with Crippen LogP contribution in [0, 0.1) is 5.82 Å². The topological polar surface area (TPSA) is 84.8 Å². The predicted octanol–water partition coefficient (Wildman–Crippen LogP) is 3.93. The third-order valence-electron chi connectivity index (χ3n) is 4.09. The van der Waals surface area contributed by atoms with E-state index < -0.39 is 5.97 Å². The Kier molecular flexibility index (Phi) is 6.94. The lowest BCUT2D eigenvalue weighted by Crippen LogP contribution is -2.33.